The van der Waals surface area contributed by atoms with Gasteiger partial charge in [0.15, 0.2) is 0 Å². The van der Waals surface area contributed by atoms with Crippen molar-refractivity contribution in [2.45, 2.75) is 25.3 Å². The highest BCUT2D eigenvalue weighted by atomic mass is 19.1. The minimum Gasteiger partial charge on any atom is -0.310 e. The largest absolute Gasteiger partial charge is 0.310 e. The average molecular weight is 180 g/mol. The van der Waals surface area contributed by atoms with Crippen LogP contribution >= 0.6 is 0 Å². The van der Waals surface area contributed by atoms with E-state index in [-0.39, 0.29) is 18.3 Å². The smallest absolute Gasteiger partial charge is 0.123 e. The summed E-state index contributed by atoms with van der Waals surface area (Å²) in [7, 11) is 0. The van der Waals surface area contributed by atoms with Gasteiger partial charge in [0, 0.05) is 7.41 Å². The van der Waals surface area contributed by atoms with Gasteiger partial charge < -0.3 is 5.32 Å². The van der Waals surface area contributed by atoms with E-state index in [0.717, 1.165) is 24.9 Å². The minimum atomic E-state index is -0.198. The number of nitrogens with one attached hydrogen (secondary N) is 1. The number of piperidine rings is 1. The van der Waals surface area contributed by atoms with Gasteiger partial charge in [0.2, 0.25) is 0 Å². The van der Waals surface area contributed by atoms with E-state index >= 15 is 0 Å². The van der Waals surface area contributed by atoms with Gasteiger partial charge in [0.25, 0.3) is 0 Å². The Balaban J connectivity index is 2.14. The topological polar surface area (TPSA) is 12.0 Å². The third kappa shape index (κ3) is 2.07. The molecule has 1 aliphatic heterocycles. The normalized spacial score (nSPS) is 29.8. The average Bonchev–Trinajstić information content (AvgIpc) is 2.18. The van der Waals surface area contributed by atoms with Crippen LogP contribution in [0, 0.1) is 5.82 Å². The third-order valence-corrected chi connectivity index (χ3v) is 2.39. The molecule has 0 radical (unpaired) electrons. The number of hydrogen-bond acceptors (Lipinski definition) is 1. The highest BCUT2D eigenvalue weighted by Crippen LogP contribution is 2.22. The summed E-state index contributed by atoms with van der Waals surface area (Å²) in [4.78, 5) is 0. The van der Waals surface area contributed by atoms with Gasteiger partial charge in [-0.05, 0) is 37.1 Å². The first-order chi connectivity index (χ1) is 6.75. The molecule has 2 heteroatoms. The van der Waals surface area contributed by atoms with E-state index in [9.17, 15) is 4.39 Å². The standard InChI is InChI=1S/C11H14FN/c12-10-5-3-4-9(8-10)11-6-1-2-7-13-11/h3-5,8,11,13H,1-2,6-7H2/t11-/m0/s1/i1D/t1-,11+/m1. The lowest BCUT2D eigenvalue weighted by atomic mass is 9.98. The van der Waals surface area contributed by atoms with Crippen molar-refractivity contribution in [3.05, 3.63) is 35.6 Å². The Morgan fingerprint density at radius 3 is 3.23 bits per heavy atom. The molecule has 1 fully saturated rings. The monoisotopic (exact) mass is 180 g/mol. The molecule has 0 unspecified atom stereocenters. The fourth-order valence-electron chi connectivity index (χ4n) is 1.70. The second kappa shape index (κ2) is 3.88. The lowest BCUT2D eigenvalue weighted by Gasteiger charge is -2.23. The van der Waals surface area contributed by atoms with Crippen molar-refractivity contribution in [1.82, 2.24) is 5.32 Å². The number of hydrogen-bond donors (Lipinski definition) is 1. The summed E-state index contributed by atoms with van der Waals surface area (Å²) in [5, 5.41) is 3.31. The zero-order chi connectivity index (χ0) is 9.97. The molecule has 0 aromatic heterocycles. The van der Waals surface area contributed by atoms with Crippen LogP contribution in [0.4, 0.5) is 4.39 Å². The Hall–Kier alpha value is -0.890. The SMILES string of the molecule is [2H][C@@H]1CCN[C@H](c2cccc(F)c2)C1. The molecule has 1 aromatic rings. The number of halogens is 1. The van der Waals surface area contributed by atoms with Crippen LogP contribution < -0.4 is 5.32 Å². The molecule has 70 valence electrons. The molecule has 0 amide bonds. The minimum absolute atomic E-state index is 0.00971. The maximum Gasteiger partial charge on any atom is 0.123 e. The molecule has 13 heavy (non-hydrogen) atoms. The lowest BCUT2D eigenvalue weighted by Crippen LogP contribution is -2.26. The molecule has 2 atom stereocenters. The molecule has 0 spiro atoms. The van der Waals surface area contributed by atoms with Crippen LogP contribution in [-0.2, 0) is 0 Å². The quantitative estimate of drug-likeness (QED) is 0.700. The van der Waals surface area contributed by atoms with Gasteiger partial charge in [-0.1, -0.05) is 18.5 Å². The first-order valence-electron chi connectivity index (χ1n) is 5.24. The van der Waals surface area contributed by atoms with E-state index in [2.05, 4.69) is 5.32 Å². The van der Waals surface area contributed by atoms with Gasteiger partial charge in [-0.3, -0.25) is 0 Å². The van der Waals surface area contributed by atoms with Crippen molar-refractivity contribution < 1.29 is 5.76 Å². The molecule has 0 bridgehead atoms. The summed E-state index contributed by atoms with van der Waals surface area (Å²) in [5.41, 5.74) is 0.960. The van der Waals surface area contributed by atoms with Gasteiger partial charge in [-0.25, -0.2) is 4.39 Å². The summed E-state index contributed by atoms with van der Waals surface area (Å²) >= 11 is 0. The maximum atomic E-state index is 12.9. The van der Waals surface area contributed by atoms with Gasteiger partial charge in [-0.2, -0.15) is 0 Å². The molecule has 1 aliphatic rings. The Morgan fingerprint density at radius 2 is 2.46 bits per heavy atom. The summed E-state index contributed by atoms with van der Waals surface area (Å²) in [5.74, 6) is -0.198. The van der Waals surface area contributed by atoms with Crippen LogP contribution in [-0.4, -0.2) is 6.54 Å². The predicted octanol–water partition coefficient (Wildman–Crippen LogP) is 2.64. The van der Waals surface area contributed by atoms with E-state index in [1.807, 2.05) is 6.07 Å². The number of rotatable bonds is 1. The van der Waals surface area contributed by atoms with Crippen LogP contribution in [0.25, 0.3) is 0 Å². The van der Waals surface area contributed by atoms with Crippen LogP contribution in [0.2, 0.25) is 0 Å². The number of benzene rings is 1. The molecule has 1 aromatic carbocycles. The Morgan fingerprint density at radius 1 is 1.54 bits per heavy atom. The van der Waals surface area contributed by atoms with Crippen LogP contribution in [0.5, 0.6) is 0 Å². The molecule has 1 saturated heterocycles. The van der Waals surface area contributed by atoms with Gasteiger partial charge in [0.1, 0.15) is 5.82 Å². The van der Waals surface area contributed by atoms with E-state index in [1.165, 1.54) is 6.07 Å². The Kier molecular flexibility index (Phi) is 2.24. The second-order valence-electron chi connectivity index (χ2n) is 3.37. The molecule has 1 heterocycles. The van der Waals surface area contributed by atoms with Crippen molar-refractivity contribution >= 4 is 0 Å². The fraction of sp³-hybridized carbons (Fsp3) is 0.455. The van der Waals surface area contributed by atoms with Crippen LogP contribution in [0.1, 0.15) is 32.2 Å². The molecule has 0 saturated carbocycles. The van der Waals surface area contributed by atoms with Gasteiger partial charge >= 0.3 is 0 Å². The van der Waals surface area contributed by atoms with E-state index in [4.69, 9.17) is 1.37 Å². The molecule has 1 nitrogen and oxygen atoms in total. The summed E-state index contributed by atoms with van der Waals surface area (Å²) in [6.07, 6.45) is 1.67. The molecule has 0 aliphatic carbocycles. The summed E-state index contributed by atoms with van der Waals surface area (Å²) < 4.78 is 20.6. The van der Waals surface area contributed by atoms with Crippen molar-refractivity contribution in [2.24, 2.45) is 0 Å². The van der Waals surface area contributed by atoms with E-state index in [0.29, 0.717) is 0 Å². The molecular weight excluding hydrogens is 165 g/mol. The zero-order valence-corrected chi connectivity index (χ0v) is 7.46. The van der Waals surface area contributed by atoms with Gasteiger partial charge in [0.05, 0.1) is 0 Å². The zero-order valence-electron chi connectivity index (χ0n) is 8.46. The predicted molar refractivity (Wildman–Crippen MR) is 51.0 cm³/mol. The molecule has 1 N–H and O–H groups in total. The molecular formula is C11H14FN. The van der Waals surface area contributed by atoms with Crippen LogP contribution in [0.15, 0.2) is 24.3 Å². The Bertz CT molecular complexity index is 316. The third-order valence-electron chi connectivity index (χ3n) is 2.39. The highest BCUT2D eigenvalue weighted by molar-refractivity contribution is 5.20. The first-order valence-corrected chi connectivity index (χ1v) is 4.67. The fourth-order valence-corrected chi connectivity index (χ4v) is 1.70. The maximum absolute atomic E-state index is 12.9. The Labute approximate surface area is 79.4 Å². The lowest BCUT2D eigenvalue weighted by molar-refractivity contribution is 0.411. The second-order valence-corrected chi connectivity index (χ2v) is 3.37. The molecule has 2 rings (SSSR count). The van der Waals surface area contributed by atoms with Crippen molar-refractivity contribution in [1.29, 1.82) is 0 Å². The van der Waals surface area contributed by atoms with E-state index < -0.39 is 0 Å². The first kappa shape index (κ1) is 7.51. The summed E-state index contributed by atoms with van der Waals surface area (Å²) in [6, 6.07) is 6.79. The van der Waals surface area contributed by atoms with E-state index in [1.54, 1.807) is 12.1 Å². The van der Waals surface area contributed by atoms with Gasteiger partial charge in [-0.15, -0.1) is 0 Å². The van der Waals surface area contributed by atoms with Crippen molar-refractivity contribution in [3.63, 3.8) is 0 Å². The summed E-state index contributed by atoms with van der Waals surface area (Å²) in [6.45, 7) is 0.856. The van der Waals surface area contributed by atoms with Crippen molar-refractivity contribution in [2.75, 3.05) is 6.54 Å². The van der Waals surface area contributed by atoms with Crippen LogP contribution in [0.3, 0.4) is 0 Å². The van der Waals surface area contributed by atoms with Crippen molar-refractivity contribution in [3.8, 4) is 0 Å². The highest BCUT2D eigenvalue weighted by Gasteiger charge is 2.14.